The van der Waals surface area contributed by atoms with E-state index in [1.54, 1.807) is 25.4 Å². The minimum absolute atomic E-state index is 0.256. The van der Waals surface area contributed by atoms with Crippen molar-refractivity contribution >= 4 is 38.2 Å². The molecule has 1 fully saturated rings. The zero-order valence-corrected chi connectivity index (χ0v) is 21.9. The number of nitrogens with one attached hydrogen (secondary N) is 2. The van der Waals surface area contributed by atoms with Crippen molar-refractivity contribution in [2.45, 2.75) is 4.90 Å². The highest BCUT2D eigenvalue weighted by atomic mass is 32.2. The highest BCUT2D eigenvalue weighted by Crippen LogP contribution is 2.32. The Morgan fingerprint density at radius 2 is 1.73 bits per heavy atom. The summed E-state index contributed by atoms with van der Waals surface area (Å²) in [5, 5.41) is 4.21. The molecule has 1 aliphatic heterocycles. The summed E-state index contributed by atoms with van der Waals surface area (Å²) in [6.07, 6.45) is 1.79. The third-order valence-corrected chi connectivity index (χ3v) is 8.09. The average molecular weight is 519 g/mol. The van der Waals surface area contributed by atoms with Crippen molar-refractivity contribution in [1.29, 1.82) is 0 Å². The minimum atomic E-state index is -3.62. The molecule has 0 spiro atoms. The molecule has 1 saturated heterocycles. The van der Waals surface area contributed by atoms with Crippen LogP contribution < -0.4 is 19.7 Å². The van der Waals surface area contributed by atoms with Gasteiger partial charge in [0, 0.05) is 49.0 Å². The van der Waals surface area contributed by atoms with Gasteiger partial charge in [0.25, 0.3) is 0 Å². The molecule has 0 amide bonds. The number of nitrogens with zero attached hydrogens (tertiary/aromatic N) is 4. The molecule has 9 nitrogen and oxygen atoms in total. The number of anilines is 3. The zero-order chi connectivity index (χ0) is 26.0. The summed E-state index contributed by atoms with van der Waals surface area (Å²) in [7, 11) is 1.52. The van der Waals surface area contributed by atoms with Gasteiger partial charge in [0.1, 0.15) is 10.6 Å². The van der Waals surface area contributed by atoms with Gasteiger partial charge in [0.2, 0.25) is 16.0 Å². The lowest BCUT2D eigenvalue weighted by atomic mass is 10.0. The smallest absolute Gasteiger partial charge is 0.242 e. The van der Waals surface area contributed by atoms with Crippen molar-refractivity contribution in [3.63, 3.8) is 0 Å². The first-order valence-electron chi connectivity index (χ1n) is 12.1. The first kappa shape index (κ1) is 24.9. The van der Waals surface area contributed by atoms with E-state index in [0.717, 1.165) is 54.0 Å². The molecule has 1 aromatic heterocycles. The highest BCUT2D eigenvalue weighted by molar-refractivity contribution is 7.89. The van der Waals surface area contributed by atoms with Crippen LogP contribution in [0.5, 0.6) is 5.75 Å². The quantitative estimate of drug-likeness (QED) is 0.382. The lowest BCUT2D eigenvalue weighted by Crippen LogP contribution is -2.45. The summed E-state index contributed by atoms with van der Waals surface area (Å²) in [6.45, 7) is 3.20. The molecule has 4 aromatic rings. The minimum Gasteiger partial charge on any atom is -0.497 e. The van der Waals surface area contributed by atoms with Crippen LogP contribution in [0, 0.1) is 0 Å². The summed E-state index contributed by atoms with van der Waals surface area (Å²) in [4.78, 5) is 13.9. The Kier molecular flexibility index (Phi) is 6.96. The molecule has 37 heavy (non-hydrogen) atoms. The summed E-state index contributed by atoms with van der Waals surface area (Å²) in [6, 6.07) is 19.1. The molecule has 0 atom stereocenters. The SMILES string of the molecule is CNS(=O)(=O)c1ccc(Nc2ncc3cccc(-c4ccc(OC)cc4)c3n2)cc1N1CCN(C)CC1. The maximum absolute atomic E-state index is 12.8. The number of rotatable bonds is 7. The van der Waals surface area contributed by atoms with Crippen LogP contribution >= 0.6 is 0 Å². The summed E-state index contributed by atoms with van der Waals surface area (Å²) >= 11 is 0. The fraction of sp³-hybridized carbons (Fsp3) is 0.259. The third kappa shape index (κ3) is 5.22. The summed E-state index contributed by atoms with van der Waals surface area (Å²) < 4.78 is 33.2. The van der Waals surface area contributed by atoms with Crippen molar-refractivity contribution in [2.75, 3.05) is 57.6 Å². The second kappa shape index (κ2) is 10.3. The van der Waals surface area contributed by atoms with Crippen molar-refractivity contribution < 1.29 is 13.2 Å². The Hall–Kier alpha value is -3.73. The van der Waals surface area contributed by atoms with Crippen LogP contribution in [0.4, 0.5) is 17.3 Å². The van der Waals surface area contributed by atoms with E-state index in [1.165, 1.54) is 7.05 Å². The van der Waals surface area contributed by atoms with E-state index in [0.29, 0.717) is 17.3 Å². The van der Waals surface area contributed by atoms with Crippen LogP contribution in [0.2, 0.25) is 0 Å². The molecule has 2 N–H and O–H groups in total. The van der Waals surface area contributed by atoms with Crippen molar-refractivity contribution in [1.82, 2.24) is 19.6 Å². The van der Waals surface area contributed by atoms with Gasteiger partial charge in [-0.25, -0.2) is 23.1 Å². The van der Waals surface area contributed by atoms with Crippen molar-refractivity contribution in [3.8, 4) is 16.9 Å². The number of hydrogen-bond donors (Lipinski definition) is 2. The monoisotopic (exact) mass is 518 g/mol. The van der Waals surface area contributed by atoms with Crippen LogP contribution in [0.3, 0.4) is 0 Å². The number of hydrogen-bond acceptors (Lipinski definition) is 8. The zero-order valence-electron chi connectivity index (χ0n) is 21.1. The van der Waals surface area contributed by atoms with Gasteiger partial charge in [-0.15, -0.1) is 0 Å². The topological polar surface area (TPSA) is 99.7 Å². The summed E-state index contributed by atoms with van der Waals surface area (Å²) in [5.74, 6) is 1.22. The van der Waals surface area contributed by atoms with E-state index in [1.807, 2.05) is 48.5 Å². The van der Waals surface area contributed by atoms with Crippen LogP contribution in [-0.4, -0.2) is 70.7 Å². The first-order chi connectivity index (χ1) is 17.9. The molecule has 5 rings (SSSR count). The number of aromatic nitrogens is 2. The molecule has 1 aliphatic rings. The Labute approximate surface area is 217 Å². The summed E-state index contributed by atoms with van der Waals surface area (Å²) in [5.41, 5.74) is 4.20. The van der Waals surface area contributed by atoms with Crippen LogP contribution in [0.25, 0.3) is 22.0 Å². The van der Waals surface area contributed by atoms with Gasteiger partial charge in [-0.3, -0.25) is 0 Å². The van der Waals surface area contributed by atoms with E-state index in [4.69, 9.17) is 9.72 Å². The van der Waals surface area contributed by atoms with Crippen LogP contribution in [0.1, 0.15) is 0 Å². The number of ether oxygens (including phenoxy) is 1. The molecule has 0 radical (unpaired) electrons. The van der Waals surface area contributed by atoms with Crippen molar-refractivity contribution in [3.05, 3.63) is 66.9 Å². The number of likely N-dealkylation sites (N-methyl/N-ethyl adjacent to an activating group) is 1. The van der Waals surface area contributed by atoms with Gasteiger partial charge >= 0.3 is 0 Å². The number of piperazine rings is 1. The predicted molar refractivity (Wildman–Crippen MR) is 147 cm³/mol. The predicted octanol–water partition coefficient (Wildman–Crippen LogP) is 3.71. The van der Waals surface area contributed by atoms with Gasteiger partial charge in [-0.1, -0.05) is 30.3 Å². The number of benzene rings is 3. The van der Waals surface area contributed by atoms with Crippen LogP contribution in [0.15, 0.2) is 71.8 Å². The average Bonchev–Trinajstić information content (AvgIpc) is 2.93. The number of sulfonamides is 1. The molecule has 192 valence electrons. The normalized spacial score (nSPS) is 14.6. The highest BCUT2D eigenvalue weighted by Gasteiger charge is 2.24. The number of para-hydroxylation sites is 1. The number of fused-ring (bicyclic) bond motifs is 1. The largest absolute Gasteiger partial charge is 0.497 e. The second-order valence-corrected chi connectivity index (χ2v) is 10.8. The van der Waals surface area contributed by atoms with Gasteiger partial charge in [-0.05, 0) is 50.0 Å². The molecule has 0 bridgehead atoms. The van der Waals surface area contributed by atoms with E-state index in [-0.39, 0.29) is 4.90 Å². The van der Waals surface area contributed by atoms with E-state index < -0.39 is 10.0 Å². The molecule has 0 saturated carbocycles. The van der Waals surface area contributed by atoms with Crippen LogP contribution in [-0.2, 0) is 10.0 Å². The van der Waals surface area contributed by atoms with Gasteiger partial charge in [-0.2, -0.15) is 0 Å². The van der Waals surface area contributed by atoms with Crippen molar-refractivity contribution in [2.24, 2.45) is 0 Å². The maximum atomic E-state index is 12.8. The molecule has 0 unspecified atom stereocenters. The molecule has 10 heteroatoms. The fourth-order valence-corrected chi connectivity index (χ4v) is 5.41. The lowest BCUT2D eigenvalue weighted by Gasteiger charge is -2.35. The lowest BCUT2D eigenvalue weighted by molar-refractivity contribution is 0.312. The maximum Gasteiger partial charge on any atom is 0.242 e. The molecule has 3 aromatic carbocycles. The Morgan fingerprint density at radius 3 is 2.43 bits per heavy atom. The van der Waals surface area contributed by atoms with Gasteiger partial charge in [0.15, 0.2) is 0 Å². The molecular formula is C27H30N6O3S. The van der Waals surface area contributed by atoms with Gasteiger partial charge in [0.05, 0.1) is 18.3 Å². The van der Waals surface area contributed by atoms with E-state index >= 15 is 0 Å². The number of methoxy groups -OCH3 is 1. The second-order valence-electron chi connectivity index (χ2n) is 8.97. The van der Waals surface area contributed by atoms with E-state index in [9.17, 15) is 8.42 Å². The first-order valence-corrected chi connectivity index (χ1v) is 13.5. The molecular weight excluding hydrogens is 488 g/mol. The Morgan fingerprint density at radius 1 is 0.973 bits per heavy atom. The Balaban J connectivity index is 1.51. The molecule has 2 heterocycles. The molecule has 0 aliphatic carbocycles. The fourth-order valence-electron chi connectivity index (χ4n) is 4.48. The standard InChI is InChI=1S/C27H30N6O3S/c1-28-37(34,35)25-12-9-21(17-24(25)33-15-13-32(2)14-16-33)30-27-29-18-20-5-4-6-23(26(20)31-27)19-7-10-22(36-3)11-8-19/h4-12,17-18,28H,13-16H2,1-3H3,(H,29,30,31). The Bertz CT molecular complexity index is 1520. The third-order valence-electron chi connectivity index (χ3n) is 6.63. The van der Waals surface area contributed by atoms with Gasteiger partial charge < -0.3 is 19.9 Å². The van der Waals surface area contributed by atoms with E-state index in [2.05, 4.69) is 31.9 Å².